The van der Waals surface area contributed by atoms with Crippen molar-refractivity contribution in [2.24, 2.45) is 5.73 Å². The molecule has 2 N–H and O–H groups in total. The van der Waals surface area contributed by atoms with E-state index in [1.165, 1.54) is 11.6 Å². The van der Waals surface area contributed by atoms with E-state index in [0.717, 1.165) is 11.1 Å². The number of hydrogen-bond acceptors (Lipinski definition) is 2. The highest BCUT2D eigenvalue weighted by Crippen LogP contribution is 2.21. The van der Waals surface area contributed by atoms with E-state index in [9.17, 15) is 4.39 Å². The van der Waals surface area contributed by atoms with E-state index < -0.39 is 5.82 Å². The minimum Gasteiger partial charge on any atom is -0.486 e. The van der Waals surface area contributed by atoms with Crippen LogP contribution in [-0.2, 0) is 0 Å². The topological polar surface area (TPSA) is 35.2 Å². The molecule has 0 bridgehead atoms. The summed E-state index contributed by atoms with van der Waals surface area (Å²) in [5, 5.41) is 0. The van der Waals surface area contributed by atoms with Gasteiger partial charge in [0.05, 0.1) is 0 Å². The van der Waals surface area contributed by atoms with Crippen molar-refractivity contribution in [3.8, 4) is 5.75 Å². The highest BCUT2D eigenvalue weighted by atomic mass is 35.5. The van der Waals surface area contributed by atoms with Crippen molar-refractivity contribution < 1.29 is 9.13 Å². The number of nitrogens with two attached hydrogens (primary N) is 1. The molecule has 1 rings (SSSR count). The molecule has 16 heavy (non-hydrogen) atoms. The molecule has 0 spiro atoms. The summed E-state index contributed by atoms with van der Waals surface area (Å²) in [5.74, 6) is -0.195. The average molecular weight is 244 g/mol. The molecule has 0 aliphatic carbocycles. The molecule has 0 fully saturated rings. The SMILES string of the molecule is C/C(=C\Cl)COc1ccc([C@H](C)N)cc1F. The molecule has 0 saturated heterocycles. The Labute approximate surface area is 99.9 Å². The Balaban J connectivity index is 2.75. The first-order valence-corrected chi connectivity index (χ1v) is 5.42. The minimum absolute atomic E-state index is 0.187. The summed E-state index contributed by atoms with van der Waals surface area (Å²) in [6.45, 7) is 3.88. The lowest BCUT2D eigenvalue weighted by Gasteiger charge is -2.10. The van der Waals surface area contributed by atoms with Crippen LogP contribution in [0.1, 0.15) is 25.5 Å². The van der Waals surface area contributed by atoms with Gasteiger partial charge in [-0.2, -0.15) is 0 Å². The Hall–Kier alpha value is -1.06. The van der Waals surface area contributed by atoms with E-state index in [4.69, 9.17) is 22.1 Å². The van der Waals surface area contributed by atoms with Gasteiger partial charge in [-0.1, -0.05) is 17.7 Å². The number of benzene rings is 1. The summed E-state index contributed by atoms with van der Waals surface area (Å²) < 4.78 is 18.8. The van der Waals surface area contributed by atoms with Crippen LogP contribution in [0.5, 0.6) is 5.75 Å². The first-order valence-electron chi connectivity index (χ1n) is 4.98. The summed E-state index contributed by atoms with van der Waals surface area (Å²) >= 11 is 5.47. The zero-order valence-electron chi connectivity index (χ0n) is 9.34. The molecule has 0 amide bonds. The van der Waals surface area contributed by atoms with Gasteiger partial charge in [0.25, 0.3) is 0 Å². The summed E-state index contributed by atoms with van der Waals surface area (Å²) in [4.78, 5) is 0. The summed E-state index contributed by atoms with van der Waals surface area (Å²) in [5.41, 5.74) is 8.63. The van der Waals surface area contributed by atoms with Crippen molar-refractivity contribution in [3.05, 3.63) is 40.7 Å². The second-order valence-corrected chi connectivity index (χ2v) is 3.94. The minimum atomic E-state index is -0.405. The molecule has 0 aliphatic heterocycles. The lowest BCUT2D eigenvalue weighted by atomic mass is 10.1. The van der Waals surface area contributed by atoms with Gasteiger partial charge in [0.2, 0.25) is 0 Å². The van der Waals surface area contributed by atoms with Gasteiger partial charge in [-0.25, -0.2) is 4.39 Å². The monoisotopic (exact) mass is 243 g/mol. The second-order valence-electron chi connectivity index (χ2n) is 3.72. The highest BCUT2D eigenvalue weighted by molar-refractivity contribution is 6.25. The van der Waals surface area contributed by atoms with Crippen molar-refractivity contribution in [1.29, 1.82) is 0 Å². The van der Waals surface area contributed by atoms with Crippen LogP contribution in [0.3, 0.4) is 0 Å². The fourth-order valence-electron chi connectivity index (χ4n) is 1.14. The molecule has 2 nitrogen and oxygen atoms in total. The third kappa shape index (κ3) is 3.51. The van der Waals surface area contributed by atoms with Crippen LogP contribution in [0.15, 0.2) is 29.3 Å². The predicted octanol–water partition coefficient (Wildman–Crippen LogP) is 3.37. The van der Waals surface area contributed by atoms with Crippen molar-refractivity contribution in [2.75, 3.05) is 6.61 Å². The quantitative estimate of drug-likeness (QED) is 0.880. The van der Waals surface area contributed by atoms with Crippen LogP contribution < -0.4 is 10.5 Å². The van der Waals surface area contributed by atoms with Gasteiger partial charge >= 0.3 is 0 Å². The Morgan fingerprint density at radius 2 is 2.31 bits per heavy atom. The summed E-state index contributed by atoms with van der Waals surface area (Å²) in [6, 6.07) is 4.53. The average Bonchev–Trinajstić information content (AvgIpc) is 2.26. The molecule has 0 aromatic heterocycles. The molecular weight excluding hydrogens is 229 g/mol. The Morgan fingerprint density at radius 1 is 1.62 bits per heavy atom. The molecule has 1 aromatic rings. The van der Waals surface area contributed by atoms with Crippen molar-refractivity contribution in [2.45, 2.75) is 19.9 Å². The van der Waals surface area contributed by atoms with E-state index in [2.05, 4.69) is 0 Å². The van der Waals surface area contributed by atoms with Crippen LogP contribution in [0.4, 0.5) is 4.39 Å². The maximum atomic E-state index is 13.5. The Bertz CT molecular complexity index is 391. The van der Waals surface area contributed by atoms with Crippen LogP contribution in [0.2, 0.25) is 0 Å². The lowest BCUT2D eigenvalue weighted by Crippen LogP contribution is -2.06. The molecule has 4 heteroatoms. The maximum Gasteiger partial charge on any atom is 0.165 e. The van der Waals surface area contributed by atoms with Crippen LogP contribution >= 0.6 is 11.6 Å². The zero-order valence-corrected chi connectivity index (χ0v) is 10.1. The molecule has 0 saturated carbocycles. The fraction of sp³-hybridized carbons (Fsp3) is 0.333. The van der Waals surface area contributed by atoms with Crippen LogP contribution in [-0.4, -0.2) is 6.61 Å². The third-order valence-corrected chi connectivity index (χ3v) is 2.50. The van der Waals surface area contributed by atoms with Gasteiger partial charge in [0.15, 0.2) is 11.6 Å². The number of hydrogen-bond donors (Lipinski definition) is 1. The van der Waals surface area contributed by atoms with E-state index in [1.807, 2.05) is 0 Å². The van der Waals surface area contributed by atoms with Crippen molar-refractivity contribution in [3.63, 3.8) is 0 Å². The first-order chi connectivity index (χ1) is 7.54. The first kappa shape index (κ1) is 13.0. The van der Waals surface area contributed by atoms with E-state index >= 15 is 0 Å². The Kier molecular flexibility index (Phi) is 4.77. The largest absolute Gasteiger partial charge is 0.486 e. The van der Waals surface area contributed by atoms with Crippen LogP contribution in [0, 0.1) is 5.82 Å². The molecule has 0 radical (unpaired) electrons. The van der Waals surface area contributed by atoms with E-state index in [1.54, 1.807) is 26.0 Å². The number of halogens is 2. The van der Waals surface area contributed by atoms with E-state index in [-0.39, 0.29) is 18.4 Å². The second kappa shape index (κ2) is 5.87. The van der Waals surface area contributed by atoms with E-state index in [0.29, 0.717) is 0 Å². The Morgan fingerprint density at radius 3 is 2.81 bits per heavy atom. The van der Waals surface area contributed by atoms with Crippen LogP contribution in [0.25, 0.3) is 0 Å². The predicted molar refractivity (Wildman–Crippen MR) is 64.1 cm³/mol. The van der Waals surface area contributed by atoms with Gasteiger partial charge in [-0.15, -0.1) is 0 Å². The molecule has 1 aromatic carbocycles. The van der Waals surface area contributed by atoms with Gasteiger partial charge in [0.1, 0.15) is 6.61 Å². The smallest absolute Gasteiger partial charge is 0.165 e. The van der Waals surface area contributed by atoms with Gasteiger partial charge in [-0.3, -0.25) is 0 Å². The molecule has 1 atom stereocenters. The molecular formula is C12H15ClFNO. The van der Waals surface area contributed by atoms with Gasteiger partial charge in [0, 0.05) is 11.6 Å². The number of rotatable bonds is 4. The molecule has 0 aliphatic rings. The van der Waals surface area contributed by atoms with Gasteiger partial charge in [-0.05, 0) is 37.1 Å². The lowest BCUT2D eigenvalue weighted by molar-refractivity contribution is 0.332. The molecule has 0 unspecified atom stereocenters. The van der Waals surface area contributed by atoms with Crippen molar-refractivity contribution >= 4 is 11.6 Å². The zero-order chi connectivity index (χ0) is 12.1. The third-order valence-electron chi connectivity index (χ3n) is 2.12. The number of ether oxygens (including phenoxy) is 1. The molecule has 0 heterocycles. The highest BCUT2D eigenvalue weighted by Gasteiger charge is 2.07. The van der Waals surface area contributed by atoms with Crippen molar-refractivity contribution in [1.82, 2.24) is 0 Å². The summed E-state index contributed by atoms with van der Waals surface area (Å²) in [6.07, 6.45) is 0. The fourth-order valence-corrected chi connectivity index (χ4v) is 1.20. The maximum absolute atomic E-state index is 13.5. The molecule has 88 valence electrons. The van der Waals surface area contributed by atoms with Gasteiger partial charge < -0.3 is 10.5 Å². The summed E-state index contributed by atoms with van der Waals surface area (Å²) in [7, 11) is 0. The normalized spacial score (nSPS) is 13.7. The standard InChI is InChI=1S/C12H15ClFNO/c1-8(6-13)7-16-12-4-3-10(9(2)15)5-11(12)14/h3-6,9H,7,15H2,1-2H3/b8-6+/t9-/m0/s1.